The summed E-state index contributed by atoms with van der Waals surface area (Å²) in [6.45, 7) is 5.27. The summed E-state index contributed by atoms with van der Waals surface area (Å²) in [7, 11) is 0.604. The Balaban J connectivity index is 1.47. The van der Waals surface area contributed by atoms with Gasteiger partial charge in [-0.3, -0.25) is 4.90 Å². The number of imidazole rings is 1. The van der Waals surface area contributed by atoms with Crippen LogP contribution in [0.1, 0.15) is 40.9 Å². The highest BCUT2D eigenvalue weighted by atomic mass is 32.2. The molecule has 1 spiro atoms. The van der Waals surface area contributed by atoms with E-state index in [0.29, 0.717) is 92.9 Å². The Morgan fingerprint density at radius 2 is 1.93 bits per heavy atom. The van der Waals surface area contributed by atoms with Crippen molar-refractivity contribution in [3.63, 3.8) is 0 Å². The molecule has 2 aromatic heterocycles. The standard InChI is InChI=1S/C29H36F3N7O3S/c1-20-21(5-4-6-22(20)29(30,31)32)15-25-24(17-37-9-7-28(18-37)8-14-43(28,40)41)34-27-23(33-19-36(2)3)16-26(35-39(25)27)38-10-12-42-13-11-38/h4-6,16,19H,7-15,17-18H2,1-3H3/b33-19+. The van der Waals surface area contributed by atoms with E-state index in [1.807, 2.05) is 25.1 Å². The first kappa shape index (κ1) is 29.8. The van der Waals surface area contributed by atoms with Crippen molar-refractivity contribution in [1.29, 1.82) is 0 Å². The number of aliphatic imine (C=N–C) groups is 1. The molecule has 232 valence electrons. The van der Waals surface area contributed by atoms with E-state index in [0.717, 1.165) is 6.07 Å². The number of ether oxygens (including phenoxy) is 1. The maximum absolute atomic E-state index is 13.8. The second-order valence-electron chi connectivity index (χ2n) is 11.9. The number of likely N-dealkylation sites (tertiary alicyclic amines) is 1. The number of fused-ring (bicyclic) bond motifs is 1. The van der Waals surface area contributed by atoms with Gasteiger partial charge in [0.1, 0.15) is 5.69 Å². The van der Waals surface area contributed by atoms with Crippen LogP contribution in [0.15, 0.2) is 29.3 Å². The van der Waals surface area contributed by atoms with Crippen LogP contribution in [-0.2, 0) is 33.7 Å². The zero-order chi connectivity index (χ0) is 30.6. The van der Waals surface area contributed by atoms with Gasteiger partial charge >= 0.3 is 6.18 Å². The van der Waals surface area contributed by atoms with Crippen molar-refractivity contribution in [1.82, 2.24) is 24.4 Å². The molecule has 5 heterocycles. The van der Waals surface area contributed by atoms with E-state index in [9.17, 15) is 21.6 Å². The van der Waals surface area contributed by atoms with E-state index in [1.54, 1.807) is 16.9 Å². The van der Waals surface area contributed by atoms with E-state index in [1.165, 1.54) is 13.0 Å². The normalized spacial score (nSPS) is 22.6. The van der Waals surface area contributed by atoms with E-state index < -0.39 is 26.3 Å². The van der Waals surface area contributed by atoms with Gasteiger partial charge in [-0.2, -0.15) is 13.2 Å². The third-order valence-electron chi connectivity index (χ3n) is 8.85. The van der Waals surface area contributed by atoms with Gasteiger partial charge in [0, 0.05) is 59.3 Å². The topological polar surface area (TPSA) is 95.6 Å². The summed E-state index contributed by atoms with van der Waals surface area (Å²) in [6.07, 6.45) is -1.41. The number of hydrogen-bond acceptors (Lipinski definition) is 8. The highest BCUT2D eigenvalue weighted by molar-refractivity contribution is 7.94. The minimum absolute atomic E-state index is 0.159. The van der Waals surface area contributed by atoms with Gasteiger partial charge in [0.05, 0.1) is 47.0 Å². The van der Waals surface area contributed by atoms with Gasteiger partial charge in [0.15, 0.2) is 21.3 Å². The van der Waals surface area contributed by atoms with Crippen LogP contribution >= 0.6 is 0 Å². The highest BCUT2D eigenvalue weighted by Crippen LogP contribution is 2.42. The van der Waals surface area contributed by atoms with E-state index in [-0.39, 0.29) is 17.7 Å². The molecule has 14 heteroatoms. The fourth-order valence-electron chi connectivity index (χ4n) is 6.26. The molecule has 3 fully saturated rings. The van der Waals surface area contributed by atoms with E-state index in [2.05, 4.69) is 14.8 Å². The first-order valence-corrected chi connectivity index (χ1v) is 16.1. The van der Waals surface area contributed by atoms with Crippen LogP contribution < -0.4 is 4.90 Å². The summed E-state index contributed by atoms with van der Waals surface area (Å²) >= 11 is 0. The number of anilines is 1. The average Bonchev–Trinajstić information content (AvgIpc) is 3.55. The molecule has 1 aromatic carbocycles. The van der Waals surface area contributed by atoms with Crippen LogP contribution in [0, 0.1) is 6.92 Å². The number of benzene rings is 1. The fourth-order valence-corrected chi connectivity index (χ4v) is 8.15. The number of alkyl halides is 3. The number of rotatable bonds is 7. The van der Waals surface area contributed by atoms with Crippen molar-refractivity contribution >= 4 is 33.3 Å². The third kappa shape index (κ3) is 5.60. The smallest absolute Gasteiger partial charge is 0.378 e. The minimum atomic E-state index is -4.48. The van der Waals surface area contributed by atoms with Crippen LogP contribution in [-0.4, -0.2) is 103 Å². The van der Waals surface area contributed by atoms with Crippen LogP contribution in [0.25, 0.3) is 5.65 Å². The Hall–Kier alpha value is -3.23. The van der Waals surface area contributed by atoms with E-state index in [4.69, 9.17) is 14.8 Å². The summed E-state index contributed by atoms with van der Waals surface area (Å²) in [6, 6.07) is 6.11. The first-order chi connectivity index (χ1) is 20.4. The largest absolute Gasteiger partial charge is 0.416 e. The molecular formula is C29H36F3N7O3S. The van der Waals surface area contributed by atoms with Crippen LogP contribution in [0.5, 0.6) is 0 Å². The van der Waals surface area contributed by atoms with Gasteiger partial charge in [-0.1, -0.05) is 12.1 Å². The number of aromatic nitrogens is 3. The molecule has 0 saturated carbocycles. The van der Waals surface area contributed by atoms with Crippen molar-refractivity contribution < 1.29 is 26.3 Å². The summed E-state index contributed by atoms with van der Waals surface area (Å²) < 4.78 is 73.3. The van der Waals surface area contributed by atoms with Gasteiger partial charge < -0.3 is 14.5 Å². The first-order valence-electron chi connectivity index (χ1n) is 14.4. The van der Waals surface area contributed by atoms with Gasteiger partial charge in [-0.15, -0.1) is 5.10 Å². The van der Waals surface area contributed by atoms with Crippen molar-refractivity contribution in [2.75, 3.05) is 64.1 Å². The lowest BCUT2D eigenvalue weighted by Crippen LogP contribution is -2.52. The number of hydrogen-bond donors (Lipinski definition) is 0. The number of halogens is 3. The monoisotopic (exact) mass is 619 g/mol. The second-order valence-corrected chi connectivity index (χ2v) is 14.4. The van der Waals surface area contributed by atoms with Gasteiger partial charge in [-0.05, 0) is 37.0 Å². The molecule has 0 bridgehead atoms. The molecule has 1 unspecified atom stereocenters. The second kappa shape index (κ2) is 11.0. The molecule has 3 aliphatic heterocycles. The zero-order valence-corrected chi connectivity index (χ0v) is 25.4. The Morgan fingerprint density at radius 3 is 2.56 bits per heavy atom. The van der Waals surface area contributed by atoms with Crippen molar-refractivity contribution in [2.45, 2.75) is 43.7 Å². The quantitative estimate of drug-likeness (QED) is 0.293. The lowest BCUT2D eigenvalue weighted by Gasteiger charge is -2.37. The number of sulfone groups is 1. The third-order valence-corrected chi connectivity index (χ3v) is 11.5. The molecular weight excluding hydrogens is 583 g/mol. The predicted molar refractivity (Wildman–Crippen MR) is 158 cm³/mol. The molecule has 3 aliphatic rings. The minimum Gasteiger partial charge on any atom is -0.378 e. The Morgan fingerprint density at radius 1 is 1.16 bits per heavy atom. The van der Waals surface area contributed by atoms with Crippen LogP contribution in [0.4, 0.5) is 24.7 Å². The summed E-state index contributed by atoms with van der Waals surface area (Å²) in [4.78, 5) is 15.7. The number of morpholine rings is 1. The molecule has 3 saturated heterocycles. The van der Waals surface area contributed by atoms with Crippen molar-refractivity contribution in [3.8, 4) is 0 Å². The van der Waals surface area contributed by atoms with E-state index >= 15 is 0 Å². The summed E-state index contributed by atoms with van der Waals surface area (Å²) in [5.74, 6) is 0.893. The molecule has 0 N–H and O–H groups in total. The molecule has 10 nitrogen and oxygen atoms in total. The van der Waals surface area contributed by atoms with Gasteiger partial charge in [0.25, 0.3) is 0 Å². The maximum Gasteiger partial charge on any atom is 0.416 e. The number of nitrogens with zero attached hydrogens (tertiary/aromatic N) is 7. The predicted octanol–water partition coefficient (Wildman–Crippen LogP) is 3.47. The lowest BCUT2D eigenvalue weighted by molar-refractivity contribution is -0.138. The van der Waals surface area contributed by atoms with Gasteiger partial charge in [-0.25, -0.2) is 22.9 Å². The average molecular weight is 620 g/mol. The fraction of sp³-hybridized carbons (Fsp3) is 0.552. The van der Waals surface area contributed by atoms with Crippen LogP contribution in [0.2, 0.25) is 0 Å². The lowest BCUT2D eigenvalue weighted by atomic mass is 9.98. The molecule has 0 radical (unpaired) electrons. The molecule has 3 aromatic rings. The van der Waals surface area contributed by atoms with Crippen molar-refractivity contribution in [3.05, 3.63) is 52.3 Å². The van der Waals surface area contributed by atoms with Crippen molar-refractivity contribution in [2.24, 2.45) is 4.99 Å². The molecule has 0 amide bonds. The van der Waals surface area contributed by atoms with Crippen LogP contribution in [0.3, 0.4) is 0 Å². The summed E-state index contributed by atoms with van der Waals surface area (Å²) in [5.41, 5.74) is 2.40. The maximum atomic E-state index is 13.8. The molecule has 6 rings (SSSR count). The SMILES string of the molecule is Cc1c(Cc2c(CN3CCC4(CCS4(=O)=O)C3)nc3c(/N=C/N(C)C)cc(N4CCOCC4)nn23)cccc1C(F)(F)F. The Bertz CT molecular complexity index is 1670. The molecule has 0 aliphatic carbocycles. The zero-order valence-electron chi connectivity index (χ0n) is 24.6. The highest BCUT2D eigenvalue weighted by Gasteiger charge is 2.55. The molecule has 43 heavy (non-hydrogen) atoms. The van der Waals surface area contributed by atoms with Gasteiger partial charge in [0.2, 0.25) is 0 Å². The summed E-state index contributed by atoms with van der Waals surface area (Å²) in [5, 5.41) is 4.96. The molecule has 1 atom stereocenters. The Labute approximate surface area is 249 Å². The Kier molecular flexibility index (Phi) is 7.66.